The van der Waals surface area contributed by atoms with Crippen molar-refractivity contribution in [1.29, 1.82) is 0 Å². The van der Waals surface area contributed by atoms with Gasteiger partial charge < -0.3 is 10.3 Å². The summed E-state index contributed by atoms with van der Waals surface area (Å²) in [6.45, 7) is 2.39. The van der Waals surface area contributed by atoms with Crippen molar-refractivity contribution in [1.82, 2.24) is 9.55 Å². The van der Waals surface area contributed by atoms with Crippen LogP contribution in [0.1, 0.15) is 18.4 Å². The minimum absolute atomic E-state index is 0.295. The Hall–Kier alpha value is -1.56. The van der Waals surface area contributed by atoms with E-state index in [1.807, 2.05) is 29.7 Å². The van der Waals surface area contributed by atoms with Gasteiger partial charge in [0.2, 0.25) is 5.95 Å². The number of para-hydroxylation sites is 1. The lowest BCUT2D eigenvalue weighted by Crippen LogP contribution is -2.23. The van der Waals surface area contributed by atoms with E-state index in [4.69, 9.17) is 5.73 Å². The molecule has 1 aliphatic rings. The Bertz CT molecular complexity index is 734. The van der Waals surface area contributed by atoms with Crippen LogP contribution in [0, 0.1) is 6.92 Å². The molecule has 5 nitrogen and oxygen atoms in total. The Labute approximate surface area is 112 Å². The summed E-state index contributed by atoms with van der Waals surface area (Å²) in [5.41, 5.74) is 8.77. The number of sulfone groups is 1. The van der Waals surface area contributed by atoms with E-state index in [1.165, 1.54) is 0 Å². The molecule has 102 valence electrons. The molecule has 1 fully saturated rings. The van der Waals surface area contributed by atoms with E-state index in [9.17, 15) is 8.42 Å². The van der Waals surface area contributed by atoms with E-state index in [1.54, 1.807) is 0 Å². The quantitative estimate of drug-likeness (QED) is 0.903. The number of nitrogens with zero attached hydrogens (tertiary/aromatic N) is 2. The molecular weight excluding hydrogens is 262 g/mol. The van der Waals surface area contributed by atoms with Crippen molar-refractivity contribution in [2.45, 2.75) is 31.6 Å². The molecular formula is C13H17N3O2S. The van der Waals surface area contributed by atoms with Crippen LogP contribution in [0.15, 0.2) is 18.2 Å². The van der Waals surface area contributed by atoms with E-state index in [-0.39, 0.29) is 5.25 Å². The molecule has 1 aromatic heterocycles. The van der Waals surface area contributed by atoms with E-state index in [0.29, 0.717) is 24.7 Å². The van der Waals surface area contributed by atoms with E-state index in [2.05, 4.69) is 4.98 Å². The number of aromatic nitrogens is 2. The Morgan fingerprint density at radius 1 is 1.47 bits per heavy atom. The highest BCUT2D eigenvalue weighted by atomic mass is 32.2. The fourth-order valence-corrected chi connectivity index (χ4v) is 4.57. The number of nitrogens with two attached hydrogens (primary N) is 1. The molecule has 0 aliphatic carbocycles. The molecule has 19 heavy (non-hydrogen) atoms. The van der Waals surface area contributed by atoms with Gasteiger partial charge in [-0.1, -0.05) is 12.1 Å². The second kappa shape index (κ2) is 4.23. The topological polar surface area (TPSA) is 78.0 Å². The number of nitrogen functional groups attached to an aromatic ring is 1. The molecule has 1 unspecified atom stereocenters. The monoisotopic (exact) mass is 279 g/mol. The van der Waals surface area contributed by atoms with Crippen molar-refractivity contribution in [3.8, 4) is 0 Å². The predicted octanol–water partition coefficient (Wildman–Crippen LogP) is 1.50. The van der Waals surface area contributed by atoms with Gasteiger partial charge in [-0.3, -0.25) is 0 Å². The normalized spacial score (nSPS) is 22.1. The van der Waals surface area contributed by atoms with Crippen molar-refractivity contribution >= 4 is 26.8 Å². The van der Waals surface area contributed by atoms with Crippen LogP contribution < -0.4 is 5.73 Å². The summed E-state index contributed by atoms with van der Waals surface area (Å²) >= 11 is 0. The predicted molar refractivity (Wildman–Crippen MR) is 75.7 cm³/mol. The molecule has 0 saturated carbocycles. The average Bonchev–Trinajstić information content (AvgIpc) is 2.83. The van der Waals surface area contributed by atoms with Gasteiger partial charge in [-0.25, -0.2) is 13.4 Å². The van der Waals surface area contributed by atoms with Crippen molar-refractivity contribution < 1.29 is 8.42 Å². The first-order valence-electron chi connectivity index (χ1n) is 6.42. The van der Waals surface area contributed by atoms with E-state index < -0.39 is 9.84 Å². The summed E-state index contributed by atoms with van der Waals surface area (Å²) in [5, 5.41) is -0.326. The van der Waals surface area contributed by atoms with Crippen molar-refractivity contribution in [2.75, 3.05) is 11.5 Å². The molecule has 6 heteroatoms. The summed E-state index contributed by atoms with van der Waals surface area (Å²) in [5.74, 6) is 0.690. The highest BCUT2D eigenvalue weighted by Gasteiger charge is 2.32. The summed E-state index contributed by atoms with van der Waals surface area (Å²) < 4.78 is 25.7. The number of imidazole rings is 1. The van der Waals surface area contributed by atoms with Gasteiger partial charge in [-0.05, 0) is 31.4 Å². The molecule has 2 N–H and O–H groups in total. The van der Waals surface area contributed by atoms with Crippen LogP contribution >= 0.6 is 0 Å². The van der Waals surface area contributed by atoms with E-state index in [0.717, 1.165) is 23.0 Å². The number of hydrogen-bond donors (Lipinski definition) is 1. The van der Waals surface area contributed by atoms with Gasteiger partial charge in [0.1, 0.15) is 0 Å². The number of fused-ring (bicyclic) bond motifs is 1. The van der Waals surface area contributed by atoms with Crippen LogP contribution in [0.2, 0.25) is 0 Å². The van der Waals surface area contributed by atoms with Gasteiger partial charge >= 0.3 is 0 Å². The second-order valence-corrected chi connectivity index (χ2v) is 7.56. The summed E-state index contributed by atoms with van der Waals surface area (Å²) in [6.07, 6.45) is 1.46. The third-order valence-corrected chi connectivity index (χ3v) is 6.12. The molecule has 0 spiro atoms. The number of benzene rings is 1. The number of rotatable bonds is 2. The first-order chi connectivity index (χ1) is 8.99. The van der Waals surface area contributed by atoms with Crippen LogP contribution in [0.3, 0.4) is 0 Å². The first-order valence-corrected chi connectivity index (χ1v) is 8.13. The lowest BCUT2D eigenvalue weighted by molar-refractivity contribution is 0.571. The summed E-state index contributed by atoms with van der Waals surface area (Å²) in [7, 11) is -2.96. The molecule has 1 aromatic carbocycles. The van der Waals surface area contributed by atoms with Gasteiger partial charge in [-0.2, -0.15) is 0 Å². The smallest absolute Gasteiger partial charge is 0.201 e. The molecule has 1 saturated heterocycles. The fraction of sp³-hybridized carbons (Fsp3) is 0.462. The molecule has 0 amide bonds. The summed E-state index contributed by atoms with van der Waals surface area (Å²) in [6, 6.07) is 5.86. The van der Waals surface area contributed by atoms with E-state index >= 15 is 0 Å². The third-order valence-electron chi connectivity index (χ3n) is 3.86. The SMILES string of the molecule is Cc1cccc2c1nc(N)n2CC1CCCS1(=O)=O. The minimum Gasteiger partial charge on any atom is -0.369 e. The van der Waals surface area contributed by atoms with Gasteiger partial charge in [0.15, 0.2) is 9.84 Å². The molecule has 3 rings (SSSR count). The second-order valence-electron chi connectivity index (χ2n) is 5.15. The lowest BCUT2D eigenvalue weighted by Gasteiger charge is -2.12. The molecule has 1 aliphatic heterocycles. The van der Waals surface area contributed by atoms with Gasteiger partial charge in [-0.15, -0.1) is 0 Å². The first kappa shape index (κ1) is 12.5. The zero-order valence-corrected chi connectivity index (χ0v) is 11.7. The third kappa shape index (κ3) is 2.00. The maximum absolute atomic E-state index is 11.9. The molecule has 2 heterocycles. The largest absolute Gasteiger partial charge is 0.369 e. The molecule has 0 bridgehead atoms. The highest BCUT2D eigenvalue weighted by Crippen LogP contribution is 2.26. The Kier molecular flexibility index (Phi) is 2.78. The van der Waals surface area contributed by atoms with Crippen LogP contribution in [-0.2, 0) is 16.4 Å². The zero-order chi connectivity index (χ0) is 13.6. The van der Waals surface area contributed by atoms with Gasteiger partial charge in [0, 0.05) is 6.54 Å². The van der Waals surface area contributed by atoms with Crippen LogP contribution in [0.5, 0.6) is 0 Å². The van der Waals surface area contributed by atoms with Crippen molar-refractivity contribution in [3.05, 3.63) is 23.8 Å². The molecule has 2 aromatic rings. The van der Waals surface area contributed by atoms with Gasteiger partial charge in [0.25, 0.3) is 0 Å². The summed E-state index contributed by atoms with van der Waals surface area (Å²) in [4.78, 5) is 4.35. The van der Waals surface area contributed by atoms with Crippen LogP contribution in [-0.4, -0.2) is 29.0 Å². The van der Waals surface area contributed by atoms with Crippen LogP contribution in [0.4, 0.5) is 5.95 Å². The number of anilines is 1. The average molecular weight is 279 g/mol. The van der Waals surface area contributed by atoms with Gasteiger partial charge in [0.05, 0.1) is 22.0 Å². The zero-order valence-electron chi connectivity index (χ0n) is 10.8. The fourth-order valence-electron chi connectivity index (χ4n) is 2.76. The van der Waals surface area contributed by atoms with Crippen LogP contribution in [0.25, 0.3) is 11.0 Å². The maximum Gasteiger partial charge on any atom is 0.201 e. The molecule has 0 radical (unpaired) electrons. The number of aryl methyl sites for hydroxylation is 1. The lowest BCUT2D eigenvalue weighted by atomic mass is 10.2. The van der Waals surface area contributed by atoms with Crippen molar-refractivity contribution in [3.63, 3.8) is 0 Å². The maximum atomic E-state index is 11.9. The Morgan fingerprint density at radius 2 is 2.26 bits per heavy atom. The van der Waals surface area contributed by atoms with Crippen molar-refractivity contribution in [2.24, 2.45) is 0 Å². The highest BCUT2D eigenvalue weighted by molar-refractivity contribution is 7.92. The Morgan fingerprint density at radius 3 is 2.95 bits per heavy atom. The molecule has 1 atom stereocenters. The Balaban J connectivity index is 2.06. The minimum atomic E-state index is -2.96. The standard InChI is InChI=1S/C13H17N3O2S/c1-9-4-2-6-11-12(9)15-13(14)16(11)8-10-5-3-7-19(10,17)18/h2,4,6,10H,3,5,7-8H2,1H3,(H2,14,15). The number of hydrogen-bond acceptors (Lipinski definition) is 4.